The van der Waals surface area contributed by atoms with E-state index in [1.165, 1.54) is 16.8 Å². The lowest BCUT2D eigenvalue weighted by Crippen LogP contribution is -2.20. The summed E-state index contributed by atoms with van der Waals surface area (Å²) in [5, 5.41) is 4.02. The molecule has 0 bridgehead atoms. The quantitative estimate of drug-likeness (QED) is 0.846. The predicted octanol–water partition coefficient (Wildman–Crippen LogP) is 3.04. The van der Waals surface area contributed by atoms with Crippen molar-refractivity contribution in [3.05, 3.63) is 41.0 Å². The Morgan fingerprint density at radius 3 is 3.10 bits per heavy atom. The number of aromatic nitrogens is 2. The van der Waals surface area contributed by atoms with E-state index in [9.17, 15) is 0 Å². The highest BCUT2D eigenvalue weighted by Gasteiger charge is 2.23. The molecule has 1 atom stereocenters. The van der Waals surface area contributed by atoms with E-state index in [-0.39, 0.29) is 6.10 Å². The number of para-hydroxylation sites is 1. The van der Waals surface area contributed by atoms with E-state index in [2.05, 4.69) is 40.2 Å². The molecule has 2 aromatic rings. The van der Waals surface area contributed by atoms with Crippen molar-refractivity contribution in [2.75, 3.05) is 18.1 Å². The van der Waals surface area contributed by atoms with Crippen molar-refractivity contribution in [2.45, 2.75) is 39.8 Å². The van der Waals surface area contributed by atoms with Gasteiger partial charge in [0, 0.05) is 18.8 Å². The van der Waals surface area contributed by atoms with E-state index in [1.54, 1.807) is 0 Å². The van der Waals surface area contributed by atoms with Crippen LogP contribution in [-0.4, -0.2) is 23.3 Å². The molecule has 0 fully saturated rings. The maximum Gasteiger partial charge on any atom is 0.246 e. The SMILES string of the molecule is CCO[C@H](C)c1noc(CN2CCc3cccc(C)c32)n1. The summed E-state index contributed by atoms with van der Waals surface area (Å²) in [6.07, 6.45) is 0.952. The van der Waals surface area contributed by atoms with Gasteiger partial charge in [-0.25, -0.2) is 0 Å². The van der Waals surface area contributed by atoms with Crippen LogP contribution >= 0.6 is 0 Å². The maximum absolute atomic E-state index is 5.49. The monoisotopic (exact) mass is 287 g/mol. The Hall–Kier alpha value is -1.88. The summed E-state index contributed by atoms with van der Waals surface area (Å²) in [6, 6.07) is 6.46. The minimum atomic E-state index is -0.125. The molecule has 0 saturated carbocycles. The molecule has 0 aliphatic carbocycles. The van der Waals surface area contributed by atoms with Crippen LogP contribution in [0, 0.1) is 6.92 Å². The number of nitrogens with zero attached hydrogens (tertiary/aromatic N) is 3. The lowest BCUT2D eigenvalue weighted by molar-refractivity contribution is 0.0683. The van der Waals surface area contributed by atoms with Crippen molar-refractivity contribution in [1.82, 2.24) is 10.1 Å². The molecule has 1 aliphatic heterocycles. The van der Waals surface area contributed by atoms with Gasteiger partial charge in [0.2, 0.25) is 5.89 Å². The van der Waals surface area contributed by atoms with E-state index in [1.807, 2.05) is 13.8 Å². The fourth-order valence-corrected chi connectivity index (χ4v) is 2.88. The summed E-state index contributed by atoms with van der Waals surface area (Å²) >= 11 is 0. The van der Waals surface area contributed by atoms with Crippen LogP contribution in [0.5, 0.6) is 0 Å². The van der Waals surface area contributed by atoms with Crippen molar-refractivity contribution in [1.29, 1.82) is 0 Å². The molecule has 0 amide bonds. The molecule has 5 nitrogen and oxygen atoms in total. The molecule has 0 radical (unpaired) electrons. The molecule has 1 aromatic carbocycles. The minimum absolute atomic E-state index is 0.125. The first-order valence-corrected chi connectivity index (χ1v) is 7.46. The molecular formula is C16H21N3O2. The number of hydrogen-bond acceptors (Lipinski definition) is 5. The molecule has 1 aromatic heterocycles. The van der Waals surface area contributed by atoms with E-state index < -0.39 is 0 Å². The normalized spacial score (nSPS) is 15.3. The van der Waals surface area contributed by atoms with Gasteiger partial charge in [-0.3, -0.25) is 0 Å². The molecule has 21 heavy (non-hydrogen) atoms. The Labute approximate surface area is 124 Å². The van der Waals surface area contributed by atoms with Gasteiger partial charge in [0.25, 0.3) is 0 Å². The van der Waals surface area contributed by atoms with Crippen molar-refractivity contribution in [3.63, 3.8) is 0 Å². The molecule has 5 heteroatoms. The van der Waals surface area contributed by atoms with Gasteiger partial charge in [0.05, 0.1) is 6.54 Å². The first kappa shape index (κ1) is 14.1. The average molecular weight is 287 g/mol. The molecule has 2 heterocycles. The highest BCUT2D eigenvalue weighted by molar-refractivity contribution is 5.62. The zero-order valence-electron chi connectivity index (χ0n) is 12.8. The van der Waals surface area contributed by atoms with Crippen LogP contribution in [0.15, 0.2) is 22.7 Å². The van der Waals surface area contributed by atoms with Gasteiger partial charge in [0.1, 0.15) is 6.10 Å². The van der Waals surface area contributed by atoms with Crippen LogP contribution in [0.1, 0.15) is 42.8 Å². The smallest absolute Gasteiger partial charge is 0.246 e. The zero-order chi connectivity index (χ0) is 14.8. The van der Waals surface area contributed by atoms with Crippen LogP contribution in [0.4, 0.5) is 5.69 Å². The van der Waals surface area contributed by atoms with Crippen molar-refractivity contribution in [2.24, 2.45) is 0 Å². The minimum Gasteiger partial charge on any atom is -0.371 e. The molecular weight excluding hydrogens is 266 g/mol. The maximum atomic E-state index is 5.49. The number of rotatable bonds is 5. The Bertz CT molecular complexity index is 624. The number of benzene rings is 1. The van der Waals surface area contributed by atoms with E-state index >= 15 is 0 Å². The van der Waals surface area contributed by atoms with E-state index in [4.69, 9.17) is 9.26 Å². The van der Waals surface area contributed by atoms with Gasteiger partial charge < -0.3 is 14.2 Å². The van der Waals surface area contributed by atoms with Crippen LogP contribution < -0.4 is 4.90 Å². The summed E-state index contributed by atoms with van der Waals surface area (Å²) in [7, 11) is 0. The Morgan fingerprint density at radius 2 is 2.29 bits per heavy atom. The van der Waals surface area contributed by atoms with Gasteiger partial charge >= 0.3 is 0 Å². The number of anilines is 1. The van der Waals surface area contributed by atoms with Crippen LogP contribution in [0.3, 0.4) is 0 Å². The molecule has 0 saturated heterocycles. The lowest BCUT2D eigenvalue weighted by atomic mass is 10.1. The average Bonchev–Trinajstić information content (AvgIpc) is 3.08. The Balaban J connectivity index is 1.75. The Morgan fingerprint density at radius 1 is 1.43 bits per heavy atom. The van der Waals surface area contributed by atoms with Crippen LogP contribution in [-0.2, 0) is 17.7 Å². The second kappa shape index (κ2) is 5.85. The number of fused-ring (bicyclic) bond motifs is 1. The highest BCUT2D eigenvalue weighted by atomic mass is 16.5. The standard InChI is InChI=1S/C16H21N3O2/c1-4-20-12(3)16-17-14(21-18-16)10-19-9-8-13-7-5-6-11(2)15(13)19/h5-7,12H,4,8-10H2,1-3H3/t12-/m1/s1. The van der Waals surface area contributed by atoms with Crippen molar-refractivity contribution < 1.29 is 9.26 Å². The zero-order valence-corrected chi connectivity index (χ0v) is 12.8. The predicted molar refractivity (Wildman–Crippen MR) is 80.3 cm³/mol. The highest BCUT2D eigenvalue weighted by Crippen LogP contribution is 2.32. The second-order valence-corrected chi connectivity index (χ2v) is 5.40. The molecule has 0 N–H and O–H groups in total. The third kappa shape index (κ3) is 2.78. The van der Waals surface area contributed by atoms with Gasteiger partial charge in [-0.1, -0.05) is 23.4 Å². The molecule has 112 valence electrons. The number of hydrogen-bond donors (Lipinski definition) is 0. The summed E-state index contributed by atoms with van der Waals surface area (Å²) in [5.41, 5.74) is 4.01. The largest absolute Gasteiger partial charge is 0.371 e. The molecule has 3 rings (SSSR count). The van der Waals surface area contributed by atoms with Gasteiger partial charge in [-0.15, -0.1) is 0 Å². The number of aryl methyl sites for hydroxylation is 1. The first-order chi connectivity index (χ1) is 10.2. The fourth-order valence-electron chi connectivity index (χ4n) is 2.88. The van der Waals surface area contributed by atoms with Gasteiger partial charge in [0.15, 0.2) is 5.82 Å². The topological polar surface area (TPSA) is 51.4 Å². The number of ether oxygens (including phenoxy) is 1. The third-order valence-corrected chi connectivity index (χ3v) is 3.88. The van der Waals surface area contributed by atoms with Crippen LogP contribution in [0.25, 0.3) is 0 Å². The van der Waals surface area contributed by atoms with Crippen molar-refractivity contribution in [3.8, 4) is 0 Å². The van der Waals surface area contributed by atoms with E-state index in [0.29, 0.717) is 24.9 Å². The van der Waals surface area contributed by atoms with Gasteiger partial charge in [-0.05, 0) is 38.3 Å². The summed E-state index contributed by atoms with van der Waals surface area (Å²) in [4.78, 5) is 6.76. The van der Waals surface area contributed by atoms with Crippen LogP contribution in [0.2, 0.25) is 0 Å². The molecule has 0 unspecified atom stereocenters. The third-order valence-electron chi connectivity index (χ3n) is 3.88. The van der Waals surface area contributed by atoms with E-state index in [0.717, 1.165) is 13.0 Å². The summed E-state index contributed by atoms with van der Waals surface area (Å²) < 4.78 is 10.9. The first-order valence-electron chi connectivity index (χ1n) is 7.46. The summed E-state index contributed by atoms with van der Waals surface area (Å²) in [5.74, 6) is 1.27. The van der Waals surface area contributed by atoms with Gasteiger partial charge in [-0.2, -0.15) is 4.98 Å². The lowest BCUT2D eigenvalue weighted by Gasteiger charge is -2.18. The fraction of sp³-hybridized carbons (Fsp3) is 0.500. The Kier molecular flexibility index (Phi) is 3.92. The molecule has 0 spiro atoms. The molecule has 1 aliphatic rings. The van der Waals surface area contributed by atoms with Crippen molar-refractivity contribution >= 4 is 5.69 Å². The second-order valence-electron chi connectivity index (χ2n) is 5.40. The summed E-state index contributed by atoms with van der Waals surface area (Å²) in [6.45, 7) is 8.34.